The Morgan fingerprint density at radius 1 is 1.16 bits per heavy atom. The number of methoxy groups -OCH3 is 1. The molecular formula is C15H15BrNO2+. The van der Waals surface area contributed by atoms with Gasteiger partial charge >= 0.3 is 0 Å². The average molecular weight is 321 g/mol. The van der Waals surface area contributed by atoms with Crippen LogP contribution in [0.5, 0.6) is 0 Å². The smallest absolute Gasteiger partial charge is 0.234 e. The van der Waals surface area contributed by atoms with Crippen LogP contribution < -0.4 is 4.90 Å². The lowest BCUT2D eigenvalue weighted by Crippen LogP contribution is -2.99. The highest BCUT2D eigenvalue weighted by atomic mass is 79.9. The number of allylic oxidation sites excluding steroid dienone is 9. The normalized spacial score (nSPS) is 24.4. The number of ketones is 1. The van der Waals surface area contributed by atoms with Gasteiger partial charge in [-0.05, 0) is 51.4 Å². The highest BCUT2D eigenvalue weighted by Crippen LogP contribution is 2.23. The van der Waals surface area contributed by atoms with Crippen LogP contribution in [0, 0.1) is 0 Å². The van der Waals surface area contributed by atoms with Gasteiger partial charge in [-0.25, -0.2) is 0 Å². The van der Waals surface area contributed by atoms with Crippen molar-refractivity contribution in [3.63, 3.8) is 0 Å². The number of quaternary nitrogens is 1. The first kappa shape index (κ1) is 13.8. The molecule has 0 aromatic rings. The Labute approximate surface area is 121 Å². The van der Waals surface area contributed by atoms with E-state index in [-0.39, 0.29) is 5.78 Å². The zero-order valence-electron chi connectivity index (χ0n) is 10.8. The van der Waals surface area contributed by atoms with Crippen molar-refractivity contribution in [3.8, 4) is 0 Å². The third-order valence-electron chi connectivity index (χ3n) is 2.80. The number of carbonyl (C=O) groups excluding carboxylic acids is 1. The first-order chi connectivity index (χ1) is 9.10. The van der Waals surface area contributed by atoms with Gasteiger partial charge in [-0.3, -0.25) is 9.69 Å². The summed E-state index contributed by atoms with van der Waals surface area (Å²) in [5.74, 6) is 0.216. The molecule has 0 unspecified atom stereocenters. The first-order valence-electron chi connectivity index (χ1n) is 5.89. The summed E-state index contributed by atoms with van der Waals surface area (Å²) in [6.07, 6.45) is 15.7. The van der Waals surface area contributed by atoms with Gasteiger partial charge in [-0.15, -0.1) is 0 Å². The Kier molecular flexibility index (Phi) is 4.35. The number of hydrogen-bond donors (Lipinski definition) is 1. The summed E-state index contributed by atoms with van der Waals surface area (Å²) in [5, 5.41) is 0. The third-order valence-corrected chi connectivity index (χ3v) is 3.39. The standard InChI is InChI=1S/C15H14BrNO2/c1-17-7-5-11(6-8-17)3-4-12-9-13(16)15(18)14(10-12)19-2/h3-10H,1-2H3/p+1. The highest BCUT2D eigenvalue weighted by Gasteiger charge is 2.18. The van der Waals surface area contributed by atoms with Gasteiger partial charge in [0, 0.05) is 0 Å². The lowest BCUT2D eigenvalue weighted by atomic mass is 10.1. The molecular weight excluding hydrogens is 306 g/mol. The van der Waals surface area contributed by atoms with Crippen molar-refractivity contribution in [2.75, 3.05) is 14.2 Å². The van der Waals surface area contributed by atoms with E-state index >= 15 is 0 Å². The quantitative estimate of drug-likeness (QED) is 0.841. The minimum absolute atomic E-state index is 0.130. The second kappa shape index (κ2) is 5.99. The monoisotopic (exact) mass is 320 g/mol. The predicted octanol–water partition coefficient (Wildman–Crippen LogP) is 1.79. The molecule has 2 aliphatic rings. The minimum atomic E-state index is -0.130. The number of halogens is 1. The van der Waals surface area contributed by atoms with Gasteiger partial charge in [-0.2, -0.15) is 0 Å². The first-order valence-corrected chi connectivity index (χ1v) is 6.69. The molecule has 0 spiro atoms. The van der Waals surface area contributed by atoms with Gasteiger partial charge in [-0.1, -0.05) is 12.2 Å². The molecule has 0 bridgehead atoms. The van der Waals surface area contributed by atoms with Gasteiger partial charge in [0.1, 0.15) is 0 Å². The van der Waals surface area contributed by atoms with Gasteiger partial charge in [0.2, 0.25) is 5.78 Å². The van der Waals surface area contributed by atoms with Crippen molar-refractivity contribution < 1.29 is 14.4 Å². The molecule has 0 radical (unpaired) electrons. The molecule has 2 rings (SSSR count). The molecule has 0 atom stereocenters. The third kappa shape index (κ3) is 3.43. The Bertz CT molecular complexity index is 561. The van der Waals surface area contributed by atoms with E-state index in [9.17, 15) is 4.79 Å². The molecule has 0 amide bonds. The predicted molar refractivity (Wildman–Crippen MR) is 78.4 cm³/mol. The van der Waals surface area contributed by atoms with Gasteiger partial charge in [0.25, 0.3) is 0 Å². The molecule has 0 aromatic heterocycles. The maximum absolute atomic E-state index is 11.7. The summed E-state index contributed by atoms with van der Waals surface area (Å²) < 4.78 is 5.57. The van der Waals surface area contributed by atoms with Crippen molar-refractivity contribution in [3.05, 3.63) is 70.2 Å². The molecule has 1 aliphatic heterocycles. The number of ether oxygens (including phenoxy) is 1. The topological polar surface area (TPSA) is 30.7 Å². The molecule has 1 heterocycles. The number of carbonyl (C=O) groups is 1. The van der Waals surface area contributed by atoms with E-state index in [1.54, 1.807) is 12.2 Å². The lowest BCUT2D eigenvalue weighted by Gasteiger charge is -2.10. The van der Waals surface area contributed by atoms with Crippen LogP contribution in [0.1, 0.15) is 0 Å². The van der Waals surface area contributed by atoms with Crippen LogP contribution >= 0.6 is 15.9 Å². The maximum atomic E-state index is 11.7. The fraction of sp³-hybridized carbons (Fsp3) is 0.133. The van der Waals surface area contributed by atoms with Crippen molar-refractivity contribution in [2.45, 2.75) is 0 Å². The van der Waals surface area contributed by atoms with E-state index < -0.39 is 0 Å². The number of hydrogen-bond acceptors (Lipinski definition) is 2. The Hall–Kier alpha value is -1.65. The molecule has 1 aliphatic carbocycles. The Balaban J connectivity index is 2.23. The number of rotatable bonds is 2. The second-order valence-electron chi connectivity index (χ2n) is 4.28. The second-order valence-corrected chi connectivity index (χ2v) is 5.13. The van der Waals surface area contributed by atoms with Crippen LogP contribution in [0.25, 0.3) is 0 Å². The number of Topliss-reactive ketones (excluding diaryl/α,β-unsaturated/α-hetero) is 1. The van der Waals surface area contributed by atoms with Gasteiger partial charge in [0.15, 0.2) is 5.76 Å². The molecule has 4 heteroatoms. The van der Waals surface area contributed by atoms with Crippen molar-refractivity contribution in [1.29, 1.82) is 0 Å². The fourth-order valence-corrected chi connectivity index (χ4v) is 2.17. The fourth-order valence-electron chi connectivity index (χ4n) is 1.71. The molecule has 0 fully saturated rings. The minimum Gasteiger partial charge on any atom is -0.493 e. The van der Waals surface area contributed by atoms with Crippen molar-refractivity contribution in [2.24, 2.45) is 0 Å². The summed E-state index contributed by atoms with van der Waals surface area (Å²) in [5.41, 5.74) is 2.04. The Morgan fingerprint density at radius 2 is 1.79 bits per heavy atom. The van der Waals surface area contributed by atoms with Gasteiger partial charge in [0.05, 0.1) is 31.0 Å². The van der Waals surface area contributed by atoms with Crippen LogP contribution in [0.4, 0.5) is 0 Å². The molecule has 0 aromatic carbocycles. The summed E-state index contributed by atoms with van der Waals surface area (Å²) in [6.45, 7) is 0. The van der Waals surface area contributed by atoms with E-state index in [2.05, 4.69) is 47.5 Å². The van der Waals surface area contributed by atoms with Crippen molar-refractivity contribution >= 4 is 21.7 Å². The molecule has 19 heavy (non-hydrogen) atoms. The van der Waals surface area contributed by atoms with E-state index in [1.807, 2.05) is 12.2 Å². The van der Waals surface area contributed by atoms with E-state index in [4.69, 9.17) is 4.74 Å². The number of nitrogens with one attached hydrogen (secondary N) is 1. The van der Waals surface area contributed by atoms with Crippen LogP contribution in [-0.2, 0) is 9.53 Å². The summed E-state index contributed by atoms with van der Waals surface area (Å²) in [4.78, 5) is 12.9. The SMILES string of the molecule is COC1=CC(=CC=C2C=C[NH+](C)C=C2)C=C(Br)C1=O. The van der Waals surface area contributed by atoms with E-state index in [1.165, 1.54) is 12.0 Å². The zero-order valence-corrected chi connectivity index (χ0v) is 12.4. The Morgan fingerprint density at radius 3 is 2.42 bits per heavy atom. The average Bonchev–Trinajstić information content (AvgIpc) is 2.41. The van der Waals surface area contributed by atoms with Crippen LogP contribution in [-0.4, -0.2) is 19.9 Å². The zero-order chi connectivity index (χ0) is 13.8. The van der Waals surface area contributed by atoms with Crippen LogP contribution in [0.15, 0.2) is 70.2 Å². The van der Waals surface area contributed by atoms with E-state index in [0.717, 1.165) is 11.1 Å². The van der Waals surface area contributed by atoms with Crippen LogP contribution in [0.2, 0.25) is 0 Å². The van der Waals surface area contributed by atoms with E-state index in [0.29, 0.717) is 10.2 Å². The van der Waals surface area contributed by atoms with Crippen molar-refractivity contribution in [1.82, 2.24) is 0 Å². The summed E-state index contributed by atoms with van der Waals surface area (Å²) >= 11 is 3.25. The van der Waals surface area contributed by atoms with Gasteiger partial charge < -0.3 is 4.74 Å². The summed E-state index contributed by atoms with van der Waals surface area (Å²) in [7, 11) is 3.55. The molecule has 0 saturated carbocycles. The molecule has 0 saturated heterocycles. The largest absolute Gasteiger partial charge is 0.493 e. The summed E-state index contributed by atoms with van der Waals surface area (Å²) in [6, 6.07) is 0. The highest BCUT2D eigenvalue weighted by molar-refractivity contribution is 9.12. The lowest BCUT2D eigenvalue weighted by molar-refractivity contribution is -0.766. The molecule has 98 valence electrons. The maximum Gasteiger partial charge on any atom is 0.234 e. The molecule has 1 N–H and O–H groups in total. The van der Waals surface area contributed by atoms with Crippen LogP contribution in [0.3, 0.4) is 0 Å². The molecule has 3 nitrogen and oxygen atoms in total.